The van der Waals surface area contributed by atoms with Gasteiger partial charge in [-0.3, -0.25) is 0 Å². The third-order valence-electron chi connectivity index (χ3n) is 5.96. The molecule has 1 nitrogen and oxygen atoms in total. The van der Waals surface area contributed by atoms with E-state index < -0.39 is 0 Å². The van der Waals surface area contributed by atoms with Gasteiger partial charge in [-0.2, -0.15) is 0 Å². The fraction of sp³-hybridized carbons (Fsp3) is 0.812. The monoisotopic (exact) mass is 234 g/mol. The highest BCUT2D eigenvalue weighted by Gasteiger charge is 2.53. The molecule has 3 atom stereocenters. The highest BCUT2D eigenvalue weighted by atomic mass is 16.1. The van der Waals surface area contributed by atoms with E-state index >= 15 is 0 Å². The zero-order valence-corrected chi connectivity index (χ0v) is 12.0. The summed E-state index contributed by atoms with van der Waals surface area (Å²) in [6, 6.07) is 0. The van der Waals surface area contributed by atoms with Gasteiger partial charge in [0.15, 0.2) is 0 Å². The first kappa shape index (κ1) is 12.9. The van der Waals surface area contributed by atoms with Crippen molar-refractivity contribution in [1.29, 1.82) is 0 Å². The van der Waals surface area contributed by atoms with Crippen LogP contribution in [-0.4, -0.2) is 6.29 Å². The summed E-state index contributed by atoms with van der Waals surface area (Å²) in [5, 5.41) is 0. The van der Waals surface area contributed by atoms with E-state index in [2.05, 4.69) is 34.6 Å². The van der Waals surface area contributed by atoms with Gasteiger partial charge in [0.05, 0.1) is 0 Å². The molecule has 0 spiro atoms. The van der Waals surface area contributed by atoms with E-state index in [1.54, 1.807) is 5.57 Å². The smallest absolute Gasteiger partial charge is 0.127 e. The third kappa shape index (κ3) is 1.54. The SMILES string of the molecule is CCC1(C)C2=C(C(C=O)CCC2)C(C)(C)C1C. The van der Waals surface area contributed by atoms with E-state index in [-0.39, 0.29) is 11.3 Å². The number of hydrogen-bond donors (Lipinski definition) is 0. The van der Waals surface area contributed by atoms with Crippen molar-refractivity contribution in [2.75, 3.05) is 0 Å². The lowest BCUT2D eigenvalue weighted by atomic mass is 9.67. The molecular weight excluding hydrogens is 208 g/mol. The number of aldehydes is 1. The molecule has 0 bridgehead atoms. The zero-order valence-electron chi connectivity index (χ0n) is 12.0. The molecule has 0 aromatic heterocycles. The molecule has 2 aliphatic rings. The van der Waals surface area contributed by atoms with Crippen LogP contribution in [0.4, 0.5) is 0 Å². The summed E-state index contributed by atoms with van der Waals surface area (Å²) in [7, 11) is 0. The molecule has 3 unspecified atom stereocenters. The van der Waals surface area contributed by atoms with E-state index in [0.717, 1.165) is 6.42 Å². The van der Waals surface area contributed by atoms with Crippen LogP contribution in [0.5, 0.6) is 0 Å². The maximum Gasteiger partial charge on any atom is 0.127 e. The molecule has 0 amide bonds. The number of hydrogen-bond acceptors (Lipinski definition) is 1. The Kier molecular flexibility index (Phi) is 3.00. The average Bonchev–Trinajstić information content (AvgIpc) is 2.49. The van der Waals surface area contributed by atoms with Gasteiger partial charge < -0.3 is 4.79 Å². The molecule has 0 saturated heterocycles. The maximum absolute atomic E-state index is 11.4. The van der Waals surface area contributed by atoms with Gasteiger partial charge in [-0.15, -0.1) is 0 Å². The van der Waals surface area contributed by atoms with Crippen molar-refractivity contribution >= 4 is 6.29 Å². The largest absolute Gasteiger partial charge is 0.303 e. The standard InChI is InChI=1S/C16H26O/c1-6-16(5)11(2)15(3,4)14-12(10-17)8-7-9-13(14)16/h10-12H,6-9H2,1-5H3. The van der Waals surface area contributed by atoms with Crippen molar-refractivity contribution in [1.82, 2.24) is 0 Å². The first-order chi connectivity index (χ1) is 7.89. The van der Waals surface area contributed by atoms with Gasteiger partial charge in [0.25, 0.3) is 0 Å². The molecule has 2 rings (SSSR count). The van der Waals surface area contributed by atoms with Crippen molar-refractivity contribution in [2.24, 2.45) is 22.7 Å². The summed E-state index contributed by atoms with van der Waals surface area (Å²) in [5.41, 5.74) is 3.64. The van der Waals surface area contributed by atoms with Crippen molar-refractivity contribution in [3.05, 3.63) is 11.1 Å². The Morgan fingerprint density at radius 2 is 2.00 bits per heavy atom. The molecule has 0 fully saturated rings. The van der Waals surface area contributed by atoms with E-state index in [1.165, 1.54) is 31.1 Å². The molecule has 96 valence electrons. The lowest BCUT2D eigenvalue weighted by Crippen LogP contribution is -2.30. The average molecular weight is 234 g/mol. The predicted molar refractivity (Wildman–Crippen MR) is 71.8 cm³/mol. The molecule has 2 aliphatic carbocycles. The molecule has 0 aliphatic heterocycles. The minimum Gasteiger partial charge on any atom is -0.303 e. The molecule has 0 aromatic carbocycles. The van der Waals surface area contributed by atoms with Gasteiger partial charge in [-0.05, 0) is 42.4 Å². The second-order valence-corrected chi connectivity index (χ2v) is 6.74. The van der Waals surface area contributed by atoms with Gasteiger partial charge in [-0.1, -0.05) is 45.8 Å². The summed E-state index contributed by atoms with van der Waals surface area (Å²) in [5.74, 6) is 0.843. The lowest BCUT2D eigenvalue weighted by molar-refractivity contribution is -0.110. The minimum atomic E-state index is 0.199. The van der Waals surface area contributed by atoms with Gasteiger partial charge in [0.2, 0.25) is 0 Å². The zero-order chi connectivity index (χ0) is 12.8. The molecule has 0 radical (unpaired) electrons. The summed E-state index contributed by atoms with van der Waals surface area (Å²) >= 11 is 0. The quantitative estimate of drug-likeness (QED) is 0.512. The van der Waals surface area contributed by atoms with Gasteiger partial charge >= 0.3 is 0 Å². The van der Waals surface area contributed by atoms with Crippen LogP contribution in [0.1, 0.15) is 60.3 Å². The summed E-state index contributed by atoms with van der Waals surface area (Å²) in [6.45, 7) is 11.8. The van der Waals surface area contributed by atoms with E-state index in [4.69, 9.17) is 0 Å². The molecule has 0 aromatic rings. The number of carbonyl (C=O) groups excluding carboxylic acids is 1. The maximum atomic E-state index is 11.4. The van der Waals surface area contributed by atoms with E-state index in [0.29, 0.717) is 11.3 Å². The minimum absolute atomic E-state index is 0.199. The molecule has 17 heavy (non-hydrogen) atoms. The first-order valence-corrected chi connectivity index (χ1v) is 7.08. The van der Waals surface area contributed by atoms with Crippen LogP contribution in [0, 0.1) is 22.7 Å². The topological polar surface area (TPSA) is 17.1 Å². The summed E-state index contributed by atoms with van der Waals surface area (Å²) < 4.78 is 0. The molecule has 0 heterocycles. The van der Waals surface area contributed by atoms with Crippen LogP contribution in [0.3, 0.4) is 0 Å². The van der Waals surface area contributed by atoms with Crippen molar-refractivity contribution in [2.45, 2.75) is 60.3 Å². The van der Waals surface area contributed by atoms with Gasteiger partial charge in [0.1, 0.15) is 6.29 Å². The molecule has 0 N–H and O–H groups in total. The fourth-order valence-corrected chi connectivity index (χ4v) is 4.41. The predicted octanol–water partition coefficient (Wildman–Crippen LogP) is 4.37. The van der Waals surface area contributed by atoms with Crippen molar-refractivity contribution in [3.63, 3.8) is 0 Å². The first-order valence-electron chi connectivity index (χ1n) is 7.08. The highest BCUT2D eigenvalue weighted by molar-refractivity contribution is 5.62. The Labute approximate surface area is 106 Å². The van der Waals surface area contributed by atoms with Gasteiger partial charge in [-0.25, -0.2) is 0 Å². The second kappa shape index (κ2) is 3.96. The van der Waals surface area contributed by atoms with Crippen LogP contribution >= 0.6 is 0 Å². The van der Waals surface area contributed by atoms with Crippen molar-refractivity contribution < 1.29 is 4.79 Å². The Morgan fingerprint density at radius 1 is 1.35 bits per heavy atom. The van der Waals surface area contributed by atoms with Crippen LogP contribution in [0.15, 0.2) is 11.1 Å². The number of rotatable bonds is 2. The number of allylic oxidation sites excluding steroid dienone is 2. The molecule has 0 saturated carbocycles. The molecule has 1 heteroatoms. The van der Waals surface area contributed by atoms with Crippen LogP contribution in [0.2, 0.25) is 0 Å². The van der Waals surface area contributed by atoms with E-state index in [9.17, 15) is 4.79 Å². The Morgan fingerprint density at radius 3 is 2.53 bits per heavy atom. The second-order valence-electron chi connectivity index (χ2n) is 6.74. The van der Waals surface area contributed by atoms with Crippen LogP contribution in [0.25, 0.3) is 0 Å². The Balaban J connectivity index is 2.58. The van der Waals surface area contributed by atoms with Crippen LogP contribution in [-0.2, 0) is 4.79 Å². The third-order valence-corrected chi connectivity index (χ3v) is 5.96. The lowest BCUT2D eigenvalue weighted by Gasteiger charge is -2.37. The van der Waals surface area contributed by atoms with Crippen molar-refractivity contribution in [3.8, 4) is 0 Å². The van der Waals surface area contributed by atoms with Crippen LogP contribution < -0.4 is 0 Å². The van der Waals surface area contributed by atoms with Gasteiger partial charge in [0, 0.05) is 5.92 Å². The summed E-state index contributed by atoms with van der Waals surface area (Å²) in [6.07, 6.45) is 5.88. The normalized spacial score (nSPS) is 40.3. The summed E-state index contributed by atoms with van der Waals surface area (Å²) in [4.78, 5) is 11.4. The molecular formula is C16H26O. The number of carbonyl (C=O) groups is 1. The fourth-order valence-electron chi connectivity index (χ4n) is 4.41. The Bertz CT molecular complexity index is 364. The Hall–Kier alpha value is -0.590. The van der Waals surface area contributed by atoms with E-state index in [1.807, 2.05) is 0 Å². The highest BCUT2D eigenvalue weighted by Crippen LogP contribution is 2.63.